The Morgan fingerprint density at radius 1 is 1.13 bits per heavy atom. The standard InChI is InChI=1S/C9H9F2NO3/c10-9(11)3-8(9,12)4-1-2-5(13)7(15)6(4)14/h1-2,13-15H,3,12H2. The van der Waals surface area contributed by atoms with E-state index in [1.54, 1.807) is 0 Å². The van der Waals surface area contributed by atoms with Gasteiger partial charge in [0.05, 0.1) is 0 Å². The monoisotopic (exact) mass is 217 g/mol. The molecule has 0 bridgehead atoms. The molecule has 15 heavy (non-hydrogen) atoms. The predicted molar refractivity (Wildman–Crippen MR) is 46.9 cm³/mol. The van der Waals surface area contributed by atoms with Crippen LogP contribution in [0, 0.1) is 0 Å². The molecule has 82 valence electrons. The van der Waals surface area contributed by atoms with E-state index in [1.807, 2.05) is 0 Å². The second kappa shape index (κ2) is 2.52. The molecule has 0 saturated heterocycles. The maximum atomic E-state index is 12.9. The summed E-state index contributed by atoms with van der Waals surface area (Å²) in [4.78, 5) is 0. The molecule has 0 aliphatic heterocycles. The molecule has 5 N–H and O–H groups in total. The van der Waals surface area contributed by atoms with E-state index in [0.29, 0.717) is 0 Å². The Bertz CT molecular complexity index is 436. The molecule has 4 nitrogen and oxygen atoms in total. The molecule has 1 unspecified atom stereocenters. The smallest absolute Gasteiger partial charge is 0.272 e. The summed E-state index contributed by atoms with van der Waals surface area (Å²) in [6, 6.07) is 2.08. The zero-order valence-electron chi connectivity index (χ0n) is 7.54. The molecule has 0 spiro atoms. The highest BCUT2D eigenvalue weighted by molar-refractivity contribution is 5.57. The van der Waals surface area contributed by atoms with Gasteiger partial charge in [-0.05, 0) is 12.1 Å². The summed E-state index contributed by atoms with van der Waals surface area (Å²) < 4.78 is 25.8. The van der Waals surface area contributed by atoms with Crippen LogP contribution in [0.2, 0.25) is 0 Å². The maximum Gasteiger partial charge on any atom is 0.272 e. The predicted octanol–water partition coefficient (Wildman–Crippen LogP) is 0.996. The summed E-state index contributed by atoms with van der Waals surface area (Å²) in [5.74, 6) is -5.30. The summed E-state index contributed by atoms with van der Waals surface area (Å²) in [5.41, 5.74) is 3.16. The van der Waals surface area contributed by atoms with Crippen LogP contribution in [0.15, 0.2) is 12.1 Å². The average Bonchev–Trinajstić information content (AvgIpc) is 2.63. The van der Waals surface area contributed by atoms with Crippen LogP contribution in [-0.4, -0.2) is 21.2 Å². The SMILES string of the molecule is NC1(c2ccc(O)c(O)c2O)CC1(F)F. The van der Waals surface area contributed by atoms with Crippen LogP contribution in [0.25, 0.3) is 0 Å². The molecule has 1 aromatic carbocycles. The van der Waals surface area contributed by atoms with Crippen molar-refractivity contribution in [2.24, 2.45) is 5.73 Å². The normalized spacial score (nSPS) is 27.7. The first-order chi connectivity index (χ1) is 6.79. The van der Waals surface area contributed by atoms with Gasteiger partial charge in [0, 0.05) is 12.0 Å². The van der Waals surface area contributed by atoms with Gasteiger partial charge in [0.2, 0.25) is 5.75 Å². The molecule has 1 aliphatic rings. The zero-order chi connectivity index (χ0) is 11.4. The van der Waals surface area contributed by atoms with Crippen molar-refractivity contribution in [3.63, 3.8) is 0 Å². The number of hydrogen-bond donors (Lipinski definition) is 4. The number of alkyl halides is 2. The first-order valence-electron chi connectivity index (χ1n) is 4.21. The maximum absolute atomic E-state index is 12.9. The van der Waals surface area contributed by atoms with Crippen LogP contribution in [0.5, 0.6) is 17.2 Å². The third kappa shape index (κ3) is 1.14. The van der Waals surface area contributed by atoms with Gasteiger partial charge in [-0.3, -0.25) is 0 Å². The highest BCUT2D eigenvalue weighted by Crippen LogP contribution is 2.60. The molecule has 0 radical (unpaired) electrons. The van der Waals surface area contributed by atoms with Crippen molar-refractivity contribution in [1.82, 2.24) is 0 Å². The van der Waals surface area contributed by atoms with Crippen molar-refractivity contribution >= 4 is 0 Å². The molecule has 0 aromatic heterocycles. The van der Waals surface area contributed by atoms with E-state index in [0.717, 1.165) is 12.1 Å². The van der Waals surface area contributed by atoms with E-state index >= 15 is 0 Å². The van der Waals surface area contributed by atoms with Crippen LogP contribution in [0.3, 0.4) is 0 Å². The number of hydrogen-bond acceptors (Lipinski definition) is 4. The van der Waals surface area contributed by atoms with Crippen LogP contribution >= 0.6 is 0 Å². The molecule has 1 fully saturated rings. The van der Waals surface area contributed by atoms with Crippen molar-refractivity contribution in [3.8, 4) is 17.2 Å². The van der Waals surface area contributed by atoms with Crippen molar-refractivity contribution in [2.75, 3.05) is 0 Å². The lowest BCUT2D eigenvalue weighted by Crippen LogP contribution is -2.27. The van der Waals surface area contributed by atoms with Gasteiger partial charge in [-0.2, -0.15) is 0 Å². The fraction of sp³-hybridized carbons (Fsp3) is 0.333. The lowest BCUT2D eigenvalue weighted by Gasteiger charge is -2.13. The first-order valence-corrected chi connectivity index (χ1v) is 4.21. The zero-order valence-corrected chi connectivity index (χ0v) is 7.54. The minimum Gasteiger partial charge on any atom is -0.504 e. The lowest BCUT2D eigenvalue weighted by atomic mass is 10.0. The molecule has 0 heterocycles. The molecule has 0 amide bonds. The number of aromatic hydroxyl groups is 3. The fourth-order valence-electron chi connectivity index (χ4n) is 1.53. The second-order valence-electron chi connectivity index (χ2n) is 3.68. The van der Waals surface area contributed by atoms with Crippen LogP contribution < -0.4 is 5.73 Å². The van der Waals surface area contributed by atoms with Crippen molar-refractivity contribution in [2.45, 2.75) is 17.9 Å². The summed E-state index contributed by atoms with van der Waals surface area (Å²) in [7, 11) is 0. The quantitative estimate of drug-likeness (QED) is 0.528. The topological polar surface area (TPSA) is 86.7 Å². The van der Waals surface area contributed by atoms with E-state index < -0.39 is 35.1 Å². The molecular weight excluding hydrogens is 208 g/mol. The first kappa shape index (κ1) is 9.97. The second-order valence-corrected chi connectivity index (χ2v) is 3.68. The number of benzene rings is 1. The number of nitrogens with two attached hydrogens (primary N) is 1. The summed E-state index contributed by atoms with van der Waals surface area (Å²) >= 11 is 0. The molecule has 2 rings (SSSR count). The Balaban J connectivity index is 2.53. The summed E-state index contributed by atoms with van der Waals surface area (Å²) in [5, 5.41) is 27.5. The van der Waals surface area contributed by atoms with Gasteiger partial charge in [0.25, 0.3) is 5.92 Å². The van der Waals surface area contributed by atoms with Crippen molar-refractivity contribution < 1.29 is 24.1 Å². The minimum atomic E-state index is -3.09. The average molecular weight is 217 g/mol. The van der Waals surface area contributed by atoms with Crippen LogP contribution in [0.1, 0.15) is 12.0 Å². The summed E-state index contributed by atoms with van der Waals surface area (Å²) in [6.07, 6.45) is -0.586. The summed E-state index contributed by atoms with van der Waals surface area (Å²) in [6.45, 7) is 0. The largest absolute Gasteiger partial charge is 0.504 e. The van der Waals surface area contributed by atoms with Gasteiger partial charge in [-0.15, -0.1) is 0 Å². The Hall–Kier alpha value is -1.56. The van der Waals surface area contributed by atoms with Gasteiger partial charge in [-0.25, -0.2) is 8.78 Å². The highest BCUT2D eigenvalue weighted by Gasteiger charge is 2.71. The van der Waals surface area contributed by atoms with Gasteiger partial charge in [0.15, 0.2) is 11.5 Å². The molecular formula is C9H9F2NO3. The van der Waals surface area contributed by atoms with Gasteiger partial charge in [0.1, 0.15) is 5.54 Å². The number of phenolic OH excluding ortho intramolecular Hbond substituents is 3. The molecule has 1 aliphatic carbocycles. The number of halogens is 2. The molecule has 1 saturated carbocycles. The Morgan fingerprint density at radius 2 is 1.67 bits per heavy atom. The number of rotatable bonds is 1. The van der Waals surface area contributed by atoms with E-state index in [2.05, 4.69) is 0 Å². The molecule has 1 atom stereocenters. The van der Waals surface area contributed by atoms with Crippen molar-refractivity contribution in [1.29, 1.82) is 0 Å². The van der Waals surface area contributed by atoms with Crippen molar-refractivity contribution in [3.05, 3.63) is 17.7 Å². The highest BCUT2D eigenvalue weighted by atomic mass is 19.3. The Labute approximate surface area is 83.6 Å². The third-order valence-corrected chi connectivity index (χ3v) is 2.64. The van der Waals surface area contributed by atoms with Gasteiger partial charge >= 0.3 is 0 Å². The number of phenols is 3. The van der Waals surface area contributed by atoms with E-state index in [-0.39, 0.29) is 5.56 Å². The van der Waals surface area contributed by atoms with Gasteiger partial charge in [-0.1, -0.05) is 0 Å². The third-order valence-electron chi connectivity index (χ3n) is 2.64. The van der Waals surface area contributed by atoms with E-state index in [1.165, 1.54) is 0 Å². The van der Waals surface area contributed by atoms with Crippen LogP contribution in [-0.2, 0) is 5.54 Å². The van der Waals surface area contributed by atoms with E-state index in [9.17, 15) is 13.9 Å². The Kier molecular flexibility index (Phi) is 1.67. The van der Waals surface area contributed by atoms with Gasteiger partial charge < -0.3 is 21.1 Å². The Morgan fingerprint density at radius 3 is 2.13 bits per heavy atom. The minimum absolute atomic E-state index is 0.261. The van der Waals surface area contributed by atoms with E-state index in [4.69, 9.17) is 15.9 Å². The molecule has 1 aromatic rings. The van der Waals surface area contributed by atoms with Crippen LogP contribution in [0.4, 0.5) is 8.78 Å². The fourth-order valence-corrected chi connectivity index (χ4v) is 1.53. The lowest BCUT2D eigenvalue weighted by molar-refractivity contribution is 0.0883. The molecule has 6 heteroatoms.